The van der Waals surface area contributed by atoms with Gasteiger partial charge >= 0.3 is 0 Å². The lowest BCUT2D eigenvalue weighted by molar-refractivity contribution is -0.162. The van der Waals surface area contributed by atoms with Crippen LogP contribution >= 0.6 is 0 Å². The second-order valence-corrected chi connectivity index (χ2v) is 6.02. The molecule has 2 N–H and O–H groups in total. The molecule has 0 amide bonds. The van der Waals surface area contributed by atoms with Crippen molar-refractivity contribution in [1.29, 1.82) is 0 Å². The second kappa shape index (κ2) is 5.32. The monoisotopic (exact) mass is 240 g/mol. The molecule has 0 spiro atoms. The van der Waals surface area contributed by atoms with Crippen molar-refractivity contribution in [2.45, 2.75) is 57.2 Å². The van der Waals surface area contributed by atoms with Gasteiger partial charge in [0.05, 0.1) is 11.2 Å². The summed E-state index contributed by atoms with van der Waals surface area (Å²) in [6, 6.07) is 0. The average Bonchev–Trinajstić information content (AvgIpc) is 2.12. The van der Waals surface area contributed by atoms with E-state index >= 15 is 0 Å². The first-order valence-corrected chi connectivity index (χ1v) is 6.33. The maximum Gasteiger partial charge on any atom is 0.142 e. The van der Waals surface area contributed by atoms with E-state index in [-0.39, 0.29) is 0 Å². The molecular formula is C14H24O3. The van der Waals surface area contributed by atoms with Gasteiger partial charge in [-0.25, -0.2) is 0 Å². The van der Waals surface area contributed by atoms with Crippen molar-refractivity contribution >= 4 is 6.29 Å². The van der Waals surface area contributed by atoms with Crippen molar-refractivity contribution in [3.8, 4) is 0 Å². The molecule has 0 atom stereocenters. The Balaban J connectivity index is 0.000000317. The average molecular weight is 240 g/mol. The van der Waals surface area contributed by atoms with Gasteiger partial charge in [-0.05, 0) is 43.6 Å². The Hall–Kier alpha value is -0.670. The summed E-state index contributed by atoms with van der Waals surface area (Å²) < 4.78 is 0. The van der Waals surface area contributed by atoms with Crippen molar-refractivity contribution in [1.82, 2.24) is 0 Å². The maximum absolute atomic E-state index is 10.2. The largest absolute Gasteiger partial charge is 0.390 e. The summed E-state index contributed by atoms with van der Waals surface area (Å²) in [6.07, 6.45) is 5.94. The summed E-state index contributed by atoms with van der Waals surface area (Å²) in [6.45, 7) is 7.37. The van der Waals surface area contributed by atoms with Crippen LogP contribution in [-0.4, -0.2) is 27.7 Å². The van der Waals surface area contributed by atoms with Crippen molar-refractivity contribution in [3.63, 3.8) is 0 Å². The fourth-order valence-electron chi connectivity index (χ4n) is 3.81. The van der Waals surface area contributed by atoms with E-state index < -0.39 is 11.2 Å². The predicted molar refractivity (Wildman–Crippen MR) is 67.6 cm³/mol. The van der Waals surface area contributed by atoms with Gasteiger partial charge in [0.2, 0.25) is 0 Å². The van der Waals surface area contributed by atoms with Crippen molar-refractivity contribution in [3.05, 3.63) is 12.7 Å². The van der Waals surface area contributed by atoms with Crippen molar-refractivity contribution < 1.29 is 15.0 Å². The van der Waals surface area contributed by atoms with Crippen LogP contribution in [0.25, 0.3) is 0 Å². The number of allylic oxidation sites excluding steroid dienone is 1. The van der Waals surface area contributed by atoms with Gasteiger partial charge < -0.3 is 10.2 Å². The van der Waals surface area contributed by atoms with E-state index in [9.17, 15) is 10.2 Å². The summed E-state index contributed by atoms with van der Waals surface area (Å²) in [4.78, 5) is 9.06. The van der Waals surface area contributed by atoms with Crippen LogP contribution < -0.4 is 0 Å². The van der Waals surface area contributed by atoms with E-state index in [0.29, 0.717) is 24.5 Å². The zero-order chi connectivity index (χ0) is 13.1. The molecule has 2 fully saturated rings. The van der Waals surface area contributed by atoms with Crippen LogP contribution in [-0.2, 0) is 4.79 Å². The molecule has 3 heteroatoms. The van der Waals surface area contributed by atoms with Crippen molar-refractivity contribution in [2.24, 2.45) is 11.8 Å². The van der Waals surface area contributed by atoms with E-state index in [1.807, 2.05) is 0 Å². The lowest BCUT2D eigenvalue weighted by atomic mass is 9.60. The van der Waals surface area contributed by atoms with Gasteiger partial charge in [-0.1, -0.05) is 20.4 Å². The molecule has 0 aromatic heterocycles. The molecule has 0 saturated heterocycles. The topological polar surface area (TPSA) is 57.5 Å². The van der Waals surface area contributed by atoms with Gasteiger partial charge in [0.25, 0.3) is 0 Å². The van der Waals surface area contributed by atoms with E-state index in [4.69, 9.17) is 4.79 Å². The van der Waals surface area contributed by atoms with Gasteiger partial charge in [0.1, 0.15) is 6.29 Å². The number of aldehydes is 1. The first kappa shape index (κ1) is 14.4. The Morgan fingerprint density at radius 2 is 1.35 bits per heavy atom. The van der Waals surface area contributed by atoms with Gasteiger partial charge in [-0.15, -0.1) is 0 Å². The maximum atomic E-state index is 10.2. The molecule has 2 bridgehead atoms. The van der Waals surface area contributed by atoms with E-state index in [1.54, 1.807) is 0 Å². The fraction of sp³-hybridized carbons (Fsp3) is 0.786. The molecule has 2 rings (SSSR count). The van der Waals surface area contributed by atoms with Gasteiger partial charge in [0.15, 0.2) is 0 Å². The molecule has 0 heterocycles. The van der Waals surface area contributed by atoms with E-state index in [1.165, 1.54) is 6.08 Å². The van der Waals surface area contributed by atoms with Gasteiger partial charge in [-0.2, -0.15) is 0 Å². The Kier molecular flexibility index (Phi) is 4.50. The predicted octanol–water partition coefficient (Wildman–Crippen LogP) is 2.07. The van der Waals surface area contributed by atoms with Crippen LogP contribution in [0, 0.1) is 11.8 Å². The summed E-state index contributed by atoms with van der Waals surface area (Å²) in [7, 11) is 0. The number of aliphatic hydroxyl groups is 2. The summed E-state index contributed by atoms with van der Waals surface area (Å²) in [5.41, 5.74) is -1.13. The Labute approximate surface area is 104 Å². The number of rotatable bonds is 1. The molecule has 2 saturated carbocycles. The lowest BCUT2D eigenvalue weighted by Gasteiger charge is -2.51. The Bertz CT molecular complexity index is 245. The third kappa shape index (κ3) is 3.93. The molecule has 0 radical (unpaired) electrons. The number of fused-ring (bicyclic) bond motifs is 2. The van der Waals surface area contributed by atoms with Gasteiger partial charge in [-0.3, -0.25) is 4.79 Å². The van der Waals surface area contributed by atoms with Crippen LogP contribution in [0.2, 0.25) is 0 Å². The summed E-state index contributed by atoms with van der Waals surface area (Å²) in [5.74, 6) is 0.937. The number of hydrogen-bond acceptors (Lipinski definition) is 3. The molecule has 2 aliphatic carbocycles. The summed E-state index contributed by atoms with van der Waals surface area (Å²) in [5, 5.41) is 20.5. The van der Waals surface area contributed by atoms with Gasteiger partial charge in [0, 0.05) is 6.42 Å². The van der Waals surface area contributed by atoms with Crippen molar-refractivity contribution in [2.75, 3.05) is 0 Å². The van der Waals surface area contributed by atoms with E-state index in [2.05, 4.69) is 20.4 Å². The Morgan fingerprint density at radius 3 is 1.59 bits per heavy atom. The fourth-order valence-corrected chi connectivity index (χ4v) is 3.81. The van der Waals surface area contributed by atoms with Crippen LogP contribution in [0.1, 0.15) is 46.0 Å². The minimum atomic E-state index is -0.565. The molecule has 3 nitrogen and oxygen atoms in total. The smallest absolute Gasteiger partial charge is 0.142 e. The Morgan fingerprint density at radius 1 is 1.06 bits per heavy atom. The zero-order valence-electron chi connectivity index (χ0n) is 10.9. The highest BCUT2D eigenvalue weighted by molar-refractivity contribution is 5.63. The highest BCUT2D eigenvalue weighted by Gasteiger charge is 2.50. The zero-order valence-corrected chi connectivity index (χ0v) is 10.9. The lowest BCUT2D eigenvalue weighted by Crippen LogP contribution is -2.53. The van der Waals surface area contributed by atoms with Crippen LogP contribution in [0.5, 0.6) is 0 Å². The number of hydrogen-bond donors (Lipinski definition) is 2. The highest BCUT2D eigenvalue weighted by Crippen LogP contribution is 2.49. The first-order valence-electron chi connectivity index (χ1n) is 6.33. The van der Waals surface area contributed by atoms with E-state index in [0.717, 1.165) is 25.7 Å². The normalized spacial score (nSPS) is 44.2. The minimum absolute atomic E-state index is 0.469. The third-order valence-electron chi connectivity index (χ3n) is 3.67. The minimum Gasteiger partial charge on any atom is -0.390 e. The quantitative estimate of drug-likeness (QED) is 0.545. The summed E-state index contributed by atoms with van der Waals surface area (Å²) >= 11 is 0. The van der Waals surface area contributed by atoms with Crippen LogP contribution in [0.4, 0.5) is 0 Å². The molecule has 0 aliphatic heterocycles. The first-order chi connectivity index (χ1) is 7.82. The second-order valence-electron chi connectivity index (χ2n) is 6.02. The SMILES string of the molecule is C=CC=O.CC1CC2(O)CC(C)CC(O)(C1)C2. The molecule has 98 valence electrons. The molecule has 17 heavy (non-hydrogen) atoms. The molecular weight excluding hydrogens is 216 g/mol. The number of carbonyl (C=O) groups is 1. The third-order valence-corrected chi connectivity index (χ3v) is 3.67. The molecule has 2 aliphatic rings. The molecule has 0 unspecified atom stereocenters. The molecule has 0 aromatic carbocycles. The molecule has 0 aromatic rings. The standard InChI is InChI=1S/C11H20O2.C3H4O/c1-8-3-10(12)5-9(2)6-11(13,4-8)7-10;1-2-3-4/h8-9,12-13H,3-7H2,1-2H3;2-3H,1H2. The number of carbonyl (C=O) groups excluding carboxylic acids is 1. The highest BCUT2D eigenvalue weighted by atomic mass is 16.3. The van der Waals surface area contributed by atoms with Crippen LogP contribution in [0.15, 0.2) is 12.7 Å². The van der Waals surface area contributed by atoms with Crippen LogP contribution in [0.3, 0.4) is 0 Å².